The minimum Gasteiger partial charge on any atom is -0.456 e. The Morgan fingerprint density at radius 3 is 1.41 bits per heavy atom. The molecular formula is C48H30O. The highest BCUT2D eigenvalue weighted by Gasteiger charge is 2.24. The molecule has 1 heteroatoms. The predicted octanol–water partition coefficient (Wildman–Crippen LogP) is 13.6. The fraction of sp³-hybridized carbons (Fsp3) is 0. The van der Waals surface area contributed by atoms with Crippen molar-refractivity contribution in [1.29, 1.82) is 0 Å². The summed E-state index contributed by atoms with van der Waals surface area (Å²) in [6, 6.07) is 65.8. The van der Waals surface area contributed by atoms with Gasteiger partial charge in [0.25, 0.3) is 0 Å². The van der Waals surface area contributed by atoms with Crippen LogP contribution in [0, 0.1) is 0 Å². The monoisotopic (exact) mass is 622 g/mol. The second kappa shape index (κ2) is 11.1. The van der Waals surface area contributed by atoms with E-state index in [1.54, 1.807) is 0 Å². The number of hydrogen-bond acceptors (Lipinski definition) is 1. The maximum atomic E-state index is 6.50. The van der Waals surface area contributed by atoms with E-state index in [1.807, 2.05) is 0 Å². The van der Waals surface area contributed by atoms with Gasteiger partial charge in [0.2, 0.25) is 0 Å². The van der Waals surface area contributed by atoms with Crippen LogP contribution in [-0.4, -0.2) is 0 Å². The van der Waals surface area contributed by atoms with Gasteiger partial charge in [-0.2, -0.15) is 0 Å². The first-order valence-corrected chi connectivity index (χ1v) is 16.9. The molecule has 0 N–H and O–H groups in total. The summed E-state index contributed by atoms with van der Waals surface area (Å²) in [7, 11) is 0. The van der Waals surface area contributed by atoms with Crippen LogP contribution in [0.4, 0.5) is 0 Å². The molecular weight excluding hydrogens is 593 g/mol. The summed E-state index contributed by atoms with van der Waals surface area (Å²) >= 11 is 0. The molecule has 49 heavy (non-hydrogen) atoms. The minimum atomic E-state index is 0.893. The van der Waals surface area contributed by atoms with Gasteiger partial charge in [0, 0.05) is 10.9 Å². The zero-order valence-corrected chi connectivity index (χ0v) is 26.7. The maximum Gasteiger partial charge on any atom is 0.135 e. The van der Waals surface area contributed by atoms with Crippen LogP contribution in [-0.2, 0) is 0 Å². The first kappa shape index (κ1) is 27.7. The molecule has 0 unspecified atom stereocenters. The van der Waals surface area contributed by atoms with Gasteiger partial charge >= 0.3 is 0 Å². The maximum absolute atomic E-state index is 6.50. The van der Waals surface area contributed by atoms with Gasteiger partial charge in [-0.3, -0.25) is 0 Å². The Hall–Kier alpha value is -6.44. The smallest absolute Gasteiger partial charge is 0.135 e. The van der Waals surface area contributed by atoms with Crippen molar-refractivity contribution in [3.63, 3.8) is 0 Å². The molecule has 10 rings (SSSR count). The Kier molecular flexibility index (Phi) is 6.25. The Morgan fingerprint density at radius 1 is 0.286 bits per heavy atom. The molecule has 1 aliphatic rings. The molecule has 9 aromatic carbocycles. The summed E-state index contributed by atoms with van der Waals surface area (Å²) in [6.07, 6.45) is 0. The summed E-state index contributed by atoms with van der Waals surface area (Å²) in [6.45, 7) is 0. The quantitative estimate of drug-likeness (QED) is 0.177. The normalized spacial score (nSPS) is 11.8. The molecule has 1 nitrogen and oxygen atoms in total. The van der Waals surface area contributed by atoms with Crippen LogP contribution in [0.5, 0.6) is 11.5 Å². The summed E-state index contributed by atoms with van der Waals surface area (Å²) in [4.78, 5) is 0. The van der Waals surface area contributed by atoms with Gasteiger partial charge in [0.15, 0.2) is 0 Å². The van der Waals surface area contributed by atoms with Crippen molar-refractivity contribution >= 4 is 32.3 Å². The molecule has 0 aliphatic carbocycles. The van der Waals surface area contributed by atoms with Crippen molar-refractivity contribution in [3.8, 4) is 67.1 Å². The highest BCUT2D eigenvalue weighted by atomic mass is 16.5. The lowest BCUT2D eigenvalue weighted by atomic mass is 9.80. The van der Waals surface area contributed by atoms with Crippen LogP contribution < -0.4 is 4.74 Å². The molecule has 9 aromatic rings. The SMILES string of the molecule is c1ccc(-c2cccc(-c3ccccc3)c2-c2c3ccccc3c(-c3ccc4c(c3)-c3cccc5cccc(c35)O4)c3ccccc23)cc1. The van der Waals surface area contributed by atoms with E-state index >= 15 is 0 Å². The molecule has 0 saturated heterocycles. The topological polar surface area (TPSA) is 9.23 Å². The van der Waals surface area contributed by atoms with Crippen molar-refractivity contribution in [2.24, 2.45) is 0 Å². The Morgan fingerprint density at radius 2 is 0.796 bits per heavy atom. The molecule has 0 bridgehead atoms. The summed E-state index contributed by atoms with van der Waals surface area (Å²) in [5, 5.41) is 7.29. The molecule has 0 fully saturated rings. The number of ether oxygens (including phenoxy) is 1. The van der Waals surface area contributed by atoms with Crippen LogP contribution in [0.25, 0.3) is 88.0 Å². The van der Waals surface area contributed by atoms with Crippen molar-refractivity contribution < 1.29 is 4.74 Å². The summed E-state index contributed by atoms with van der Waals surface area (Å²) in [5.41, 5.74) is 12.1. The number of hydrogen-bond donors (Lipinski definition) is 0. The zero-order valence-electron chi connectivity index (χ0n) is 26.7. The standard InChI is InChI=1S/C48H30O/c1-3-14-31(15-4-1)35-24-13-25-36(32-16-5-2-6-17-32)47(35)48-39-22-9-7-20-37(39)45(38-21-8-10-23-40(38)48)34-28-29-43-42(30-34)41-26-11-18-33-19-12-27-44(49-43)46(33)41/h1-30H. The van der Waals surface area contributed by atoms with Gasteiger partial charge in [0.05, 0.1) is 0 Å². The van der Waals surface area contributed by atoms with E-state index in [4.69, 9.17) is 4.74 Å². The van der Waals surface area contributed by atoms with Crippen LogP contribution in [0.3, 0.4) is 0 Å². The van der Waals surface area contributed by atoms with Crippen LogP contribution in [0.1, 0.15) is 0 Å². The Bertz CT molecular complexity index is 2600. The lowest BCUT2D eigenvalue weighted by Crippen LogP contribution is -1.98. The molecule has 0 aromatic heterocycles. The zero-order chi connectivity index (χ0) is 32.3. The summed E-state index contributed by atoms with van der Waals surface area (Å²) < 4.78 is 6.50. The third-order valence-electron chi connectivity index (χ3n) is 10.1. The van der Waals surface area contributed by atoms with Gasteiger partial charge in [-0.15, -0.1) is 0 Å². The van der Waals surface area contributed by atoms with Crippen molar-refractivity contribution in [3.05, 3.63) is 182 Å². The van der Waals surface area contributed by atoms with Gasteiger partial charge in [-0.05, 0) is 95.2 Å². The Labute approximate surface area is 285 Å². The van der Waals surface area contributed by atoms with E-state index < -0.39 is 0 Å². The fourth-order valence-corrected chi connectivity index (χ4v) is 7.97. The number of benzene rings is 9. The van der Waals surface area contributed by atoms with E-state index in [2.05, 4.69) is 182 Å². The van der Waals surface area contributed by atoms with Crippen molar-refractivity contribution in [2.75, 3.05) is 0 Å². The van der Waals surface area contributed by atoms with E-state index in [-0.39, 0.29) is 0 Å². The second-order valence-electron chi connectivity index (χ2n) is 12.8. The highest BCUT2D eigenvalue weighted by molar-refractivity contribution is 6.24. The molecule has 228 valence electrons. The molecule has 1 aliphatic heterocycles. The predicted molar refractivity (Wildman–Crippen MR) is 206 cm³/mol. The molecule has 0 atom stereocenters. The van der Waals surface area contributed by atoms with Crippen LogP contribution >= 0.6 is 0 Å². The van der Waals surface area contributed by atoms with Crippen LogP contribution in [0.15, 0.2) is 182 Å². The first-order chi connectivity index (χ1) is 24.3. The average molecular weight is 623 g/mol. The average Bonchev–Trinajstić information content (AvgIpc) is 3.17. The summed E-state index contributed by atoms with van der Waals surface area (Å²) in [5.74, 6) is 1.81. The highest BCUT2D eigenvalue weighted by Crippen LogP contribution is 2.51. The van der Waals surface area contributed by atoms with E-state index in [0.717, 1.165) is 17.1 Å². The van der Waals surface area contributed by atoms with Crippen molar-refractivity contribution in [2.45, 2.75) is 0 Å². The lowest BCUT2D eigenvalue weighted by molar-refractivity contribution is 0.487. The van der Waals surface area contributed by atoms with E-state index in [9.17, 15) is 0 Å². The molecule has 0 saturated carbocycles. The van der Waals surface area contributed by atoms with E-state index in [1.165, 1.54) is 82.4 Å². The second-order valence-corrected chi connectivity index (χ2v) is 12.8. The molecule has 0 radical (unpaired) electrons. The van der Waals surface area contributed by atoms with Gasteiger partial charge < -0.3 is 4.74 Å². The molecule has 0 amide bonds. The minimum absolute atomic E-state index is 0.893. The third-order valence-corrected chi connectivity index (χ3v) is 10.1. The fourth-order valence-electron chi connectivity index (χ4n) is 7.97. The van der Waals surface area contributed by atoms with Gasteiger partial charge in [-0.1, -0.05) is 164 Å². The molecule has 0 spiro atoms. The van der Waals surface area contributed by atoms with Gasteiger partial charge in [-0.25, -0.2) is 0 Å². The third kappa shape index (κ3) is 4.33. The number of rotatable bonds is 4. The first-order valence-electron chi connectivity index (χ1n) is 16.9. The molecule has 1 heterocycles. The van der Waals surface area contributed by atoms with Crippen molar-refractivity contribution in [1.82, 2.24) is 0 Å². The van der Waals surface area contributed by atoms with Gasteiger partial charge in [0.1, 0.15) is 11.5 Å². The van der Waals surface area contributed by atoms with Crippen LogP contribution in [0.2, 0.25) is 0 Å². The Balaban J connectivity index is 1.30. The lowest BCUT2D eigenvalue weighted by Gasteiger charge is -2.24. The largest absolute Gasteiger partial charge is 0.456 e. The number of fused-ring (bicyclic) bond motifs is 4. The van der Waals surface area contributed by atoms with E-state index in [0.29, 0.717) is 0 Å².